The molecule has 0 spiro atoms. The molecule has 0 aromatic carbocycles. The van der Waals surface area contributed by atoms with E-state index in [2.05, 4.69) is 4.98 Å². The second-order valence-corrected chi connectivity index (χ2v) is 6.83. The SMILES string of the molecule is COc1cccc(C(=O)N2[C@H](C(=O)N3CCCC3)C[C@@H]3OCC[C@@H]32)n1. The summed E-state index contributed by atoms with van der Waals surface area (Å²) in [5.74, 6) is 0.230. The maximum absolute atomic E-state index is 13.2. The molecule has 7 heteroatoms. The summed E-state index contributed by atoms with van der Waals surface area (Å²) in [4.78, 5) is 34.0. The maximum Gasteiger partial charge on any atom is 0.273 e. The Balaban J connectivity index is 1.62. The largest absolute Gasteiger partial charge is 0.481 e. The average Bonchev–Trinajstić information content (AvgIpc) is 3.37. The highest BCUT2D eigenvalue weighted by Gasteiger charge is 2.51. The molecule has 4 heterocycles. The van der Waals surface area contributed by atoms with Gasteiger partial charge in [-0.05, 0) is 25.3 Å². The van der Waals surface area contributed by atoms with Crippen LogP contribution >= 0.6 is 0 Å². The van der Waals surface area contributed by atoms with Crippen molar-refractivity contribution >= 4 is 11.8 Å². The standard InChI is InChI=1S/C18H23N3O4/c1-24-16-6-4-5-12(19-16)17(22)21-13-7-10-25-15(13)11-14(21)18(23)20-8-2-3-9-20/h4-6,13-15H,2-3,7-11H2,1H3/t13-,14-,15-/m0/s1. The van der Waals surface area contributed by atoms with Crippen molar-refractivity contribution in [2.24, 2.45) is 0 Å². The molecule has 1 aromatic heterocycles. The van der Waals surface area contributed by atoms with E-state index in [4.69, 9.17) is 9.47 Å². The van der Waals surface area contributed by atoms with Gasteiger partial charge in [0.1, 0.15) is 11.7 Å². The number of hydrogen-bond donors (Lipinski definition) is 0. The summed E-state index contributed by atoms with van der Waals surface area (Å²) in [6, 6.07) is 4.63. The Hall–Kier alpha value is -2.15. The summed E-state index contributed by atoms with van der Waals surface area (Å²) < 4.78 is 10.9. The molecule has 3 aliphatic heterocycles. The Labute approximate surface area is 146 Å². The molecule has 3 aliphatic rings. The third-order valence-corrected chi connectivity index (χ3v) is 5.41. The van der Waals surface area contributed by atoms with Crippen LogP contribution in [0.3, 0.4) is 0 Å². The van der Waals surface area contributed by atoms with E-state index < -0.39 is 6.04 Å². The Kier molecular flexibility index (Phi) is 4.33. The summed E-state index contributed by atoms with van der Waals surface area (Å²) in [5, 5.41) is 0. The molecule has 0 bridgehead atoms. The quantitative estimate of drug-likeness (QED) is 0.820. The highest BCUT2D eigenvalue weighted by atomic mass is 16.5. The number of fused-ring (bicyclic) bond motifs is 1. The third kappa shape index (κ3) is 2.86. The highest BCUT2D eigenvalue weighted by molar-refractivity contribution is 5.97. The van der Waals surface area contributed by atoms with Crippen LogP contribution in [0, 0.1) is 0 Å². The van der Waals surface area contributed by atoms with Crippen molar-refractivity contribution < 1.29 is 19.1 Å². The van der Waals surface area contributed by atoms with Crippen molar-refractivity contribution in [3.63, 3.8) is 0 Å². The zero-order valence-corrected chi connectivity index (χ0v) is 14.4. The molecule has 0 aliphatic carbocycles. The lowest BCUT2D eigenvalue weighted by Crippen LogP contribution is -2.50. The predicted molar refractivity (Wildman–Crippen MR) is 89.3 cm³/mol. The van der Waals surface area contributed by atoms with Crippen molar-refractivity contribution in [1.82, 2.24) is 14.8 Å². The van der Waals surface area contributed by atoms with Crippen molar-refractivity contribution in [3.05, 3.63) is 23.9 Å². The second-order valence-electron chi connectivity index (χ2n) is 6.83. The fraction of sp³-hybridized carbons (Fsp3) is 0.611. The van der Waals surface area contributed by atoms with Gasteiger partial charge in [0, 0.05) is 32.2 Å². The monoisotopic (exact) mass is 345 g/mol. The van der Waals surface area contributed by atoms with Crippen molar-refractivity contribution in [3.8, 4) is 5.88 Å². The molecule has 0 unspecified atom stereocenters. The van der Waals surface area contributed by atoms with Crippen LogP contribution in [-0.2, 0) is 9.53 Å². The molecule has 0 N–H and O–H groups in total. The second kappa shape index (κ2) is 6.63. The Morgan fingerprint density at radius 3 is 2.84 bits per heavy atom. The van der Waals surface area contributed by atoms with Gasteiger partial charge in [0.2, 0.25) is 11.8 Å². The van der Waals surface area contributed by atoms with Gasteiger partial charge >= 0.3 is 0 Å². The Bertz CT molecular complexity index is 674. The number of pyridine rings is 1. The third-order valence-electron chi connectivity index (χ3n) is 5.41. The molecule has 1 aromatic rings. The number of hydrogen-bond acceptors (Lipinski definition) is 5. The number of likely N-dealkylation sites (tertiary alicyclic amines) is 2. The number of ether oxygens (including phenoxy) is 2. The van der Waals surface area contributed by atoms with Gasteiger partial charge in [-0.2, -0.15) is 0 Å². The highest BCUT2D eigenvalue weighted by Crippen LogP contribution is 2.36. The number of carbonyl (C=O) groups excluding carboxylic acids is 2. The van der Waals surface area contributed by atoms with Crippen LogP contribution in [0.25, 0.3) is 0 Å². The van der Waals surface area contributed by atoms with Gasteiger partial charge in [0.15, 0.2) is 0 Å². The minimum Gasteiger partial charge on any atom is -0.481 e. The van der Waals surface area contributed by atoms with Crippen LogP contribution in [0.15, 0.2) is 18.2 Å². The smallest absolute Gasteiger partial charge is 0.273 e. The molecule has 0 saturated carbocycles. The Morgan fingerprint density at radius 2 is 2.08 bits per heavy atom. The summed E-state index contributed by atoms with van der Waals surface area (Å²) in [6.07, 6.45) is 3.37. The van der Waals surface area contributed by atoms with E-state index in [-0.39, 0.29) is 24.0 Å². The molecule has 3 atom stereocenters. The van der Waals surface area contributed by atoms with E-state index in [0.29, 0.717) is 24.6 Å². The Morgan fingerprint density at radius 1 is 1.28 bits per heavy atom. The molecule has 7 nitrogen and oxygen atoms in total. The number of aromatic nitrogens is 1. The van der Waals surface area contributed by atoms with Crippen LogP contribution in [0.4, 0.5) is 0 Å². The summed E-state index contributed by atoms with van der Waals surface area (Å²) >= 11 is 0. The van der Waals surface area contributed by atoms with Gasteiger partial charge in [-0.25, -0.2) is 4.98 Å². The first-order valence-electron chi connectivity index (χ1n) is 8.93. The predicted octanol–water partition coefficient (Wildman–Crippen LogP) is 1.08. The fourth-order valence-electron chi connectivity index (χ4n) is 4.19. The van der Waals surface area contributed by atoms with E-state index in [0.717, 1.165) is 32.4 Å². The van der Waals surface area contributed by atoms with Gasteiger partial charge in [-0.15, -0.1) is 0 Å². The minimum atomic E-state index is -0.450. The zero-order chi connectivity index (χ0) is 17.4. The fourth-order valence-corrected chi connectivity index (χ4v) is 4.19. The van der Waals surface area contributed by atoms with Crippen LogP contribution < -0.4 is 4.74 Å². The van der Waals surface area contributed by atoms with Crippen molar-refractivity contribution in [2.45, 2.75) is 43.9 Å². The number of methoxy groups -OCH3 is 1. The maximum atomic E-state index is 13.2. The van der Waals surface area contributed by atoms with Crippen molar-refractivity contribution in [2.75, 3.05) is 26.8 Å². The summed E-state index contributed by atoms with van der Waals surface area (Å²) in [7, 11) is 1.52. The van der Waals surface area contributed by atoms with E-state index in [1.54, 1.807) is 23.1 Å². The lowest BCUT2D eigenvalue weighted by molar-refractivity contribution is -0.134. The van der Waals surface area contributed by atoms with Crippen LogP contribution in [-0.4, -0.2) is 71.6 Å². The number of amides is 2. The first-order valence-corrected chi connectivity index (χ1v) is 8.93. The van der Waals surface area contributed by atoms with Gasteiger partial charge < -0.3 is 19.3 Å². The average molecular weight is 345 g/mol. The molecule has 3 fully saturated rings. The molecule has 0 radical (unpaired) electrons. The van der Waals surface area contributed by atoms with Gasteiger partial charge in [0.05, 0.1) is 19.3 Å². The van der Waals surface area contributed by atoms with E-state index in [1.807, 2.05) is 4.90 Å². The molecular weight excluding hydrogens is 322 g/mol. The van der Waals surface area contributed by atoms with Crippen LogP contribution in [0.5, 0.6) is 5.88 Å². The number of carbonyl (C=O) groups is 2. The normalized spacial score (nSPS) is 28.3. The minimum absolute atomic E-state index is 0.0444. The first kappa shape index (κ1) is 16.3. The topological polar surface area (TPSA) is 72.0 Å². The molecule has 2 amide bonds. The summed E-state index contributed by atoms with van der Waals surface area (Å²) in [6.45, 7) is 2.20. The van der Waals surface area contributed by atoms with Gasteiger partial charge in [0.25, 0.3) is 5.91 Å². The lowest BCUT2D eigenvalue weighted by Gasteiger charge is -2.30. The molecular formula is C18H23N3O4. The van der Waals surface area contributed by atoms with Crippen LogP contribution in [0.2, 0.25) is 0 Å². The summed E-state index contributed by atoms with van der Waals surface area (Å²) in [5.41, 5.74) is 0.311. The molecule has 3 saturated heterocycles. The zero-order valence-electron chi connectivity index (χ0n) is 14.4. The molecule has 134 valence electrons. The van der Waals surface area contributed by atoms with Gasteiger partial charge in [-0.3, -0.25) is 9.59 Å². The van der Waals surface area contributed by atoms with Gasteiger partial charge in [-0.1, -0.05) is 6.07 Å². The molecule has 25 heavy (non-hydrogen) atoms. The number of nitrogens with zero attached hydrogens (tertiary/aromatic N) is 3. The van der Waals surface area contributed by atoms with Crippen LogP contribution in [0.1, 0.15) is 36.2 Å². The van der Waals surface area contributed by atoms with E-state index in [1.165, 1.54) is 7.11 Å². The molecule has 4 rings (SSSR count). The van der Waals surface area contributed by atoms with E-state index >= 15 is 0 Å². The van der Waals surface area contributed by atoms with E-state index in [9.17, 15) is 9.59 Å². The van der Waals surface area contributed by atoms with Crippen molar-refractivity contribution in [1.29, 1.82) is 0 Å². The number of rotatable bonds is 3. The lowest BCUT2D eigenvalue weighted by atomic mass is 10.1. The first-order chi connectivity index (χ1) is 12.2.